The zero-order chi connectivity index (χ0) is 12.3. The van der Waals surface area contributed by atoms with Crippen molar-refractivity contribution in [3.63, 3.8) is 0 Å². The molecule has 0 atom stereocenters. The Kier molecular flexibility index (Phi) is 3.18. The Bertz CT molecular complexity index is 554. The van der Waals surface area contributed by atoms with E-state index >= 15 is 0 Å². The van der Waals surface area contributed by atoms with Crippen LogP contribution in [0.15, 0.2) is 24.3 Å². The molecule has 0 saturated carbocycles. The number of benzene rings is 1. The number of anilines is 1. The lowest BCUT2D eigenvalue weighted by molar-refractivity contribution is 0.0519. The van der Waals surface area contributed by atoms with Crippen molar-refractivity contribution in [1.82, 2.24) is 10.2 Å². The molecule has 0 aliphatic heterocycles. The third-order valence-electron chi connectivity index (χ3n) is 2.39. The molecule has 1 N–H and O–H groups in total. The number of nitrogens with zero attached hydrogens (tertiary/aromatic N) is 2. The molecule has 17 heavy (non-hydrogen) atoms. The van der Waals surface area contributed by atoms with Gasteiger partial charge in [0, 0.05) is 12.4 Å². The van der Waals surface area contributed by atoms with Crippen molar-refractivity contribution in [2.45, 2.75) is 6.92 Å². The van der Waals surface area contributed by atoms with E-state index in [-0.39, 0.29) is 5.69 Å². The van der Waals surface area contributed by atoms with Gasteiger partial charge >= 0.3 is 5.97 Å². The van der Waals surface area contributed by atoms with Crippen LogP contribution in [0.2, 0.25) is 0 Å². The van der Waals surface area contributed by atoms with E-state index in [1.54, 1.807) is 14.0 Å². The number of hydrogen-bond acceptors (Lipinski definition) is 5. The van der Waals surface area contributed by atoms with Gasteiger partial charge in [-0.15, -0.1) is 10.2 Å². The van der Waals surface area contributed by atoms with Crippen LogP contribution in [0.3, 0.4) is 0 Å². The summed E-state index contributed by atoms with van der Waals surface area (Å²) in [6.45, 7) is 2.07. The van der Waals surface area contributed by atoms with Gasteiger partial charge in [-0.1, -0.05) is 18.2 Å². The molecule has 0 aliphatic carbocycles. The van der Waals surface area contributed by atoms with Gasteiger partial charge in [0.25, 0.3) is 0 Å². The lowest BCUT2D eigenvalue weighted by Gasteiger charge is -2.09. The SMILES string of the molecule is CCOC(=O)c1nnc2ccccc2c1NC. The Balaban J connectivity index is 2.60. The van der Waals surface area contributed by atoms with Gasteiger partial charge in [0.15, 0.2) is 5.69 Å². The molecule has 1 heterocycles. The van der Waals surface area contributed by atoms with Gasteiger partial charge in [0.1, 0.15) is 0 Å². The molecule has 5 nitrogen and oxygen atoms in total. The fraction of sp³-hybridized carbons (Fsp3) is 0.250. The summed E-state index contributed by atoms with van der Waals surface area (Å²) in [5.41, 5.74) is 1.60. The normalized spacial score (nSPS) is 10.2. The third-order valence-corrected chi connectivity index (χ3v) is 2.39. The predicted octanol–water partition coefficient (Wildman–Crippen LogP) is 1.85. The highest BCUT2D eigenvalue weighted by Crippen LogP contribution is 2.24. The van der Waals surface area contributed by atoms with Crippen LogP contribution in [0.1, 0.15) is 17.4 Å². The molecule has 88 valence electrons. The largest absolute Gasteiger partial charge is 0.461 e. The summed E-state index contributed by atoms with van der Waals surface area (Å²) in [5, 5.41) is 11.7. The van der Waals surface area contributed by atoms with Gasteiger partial charge in [0.2, 0.25) is 0 Å². The van der Waals surface area contributed by atoms with Crippen molar-refractivity contribution in [3.05, 3.63) is 30.0 Å². The van der Waals surface area contributed by atoms with Crippen molar-refractivity contribution in [3.8, 4) is 0 Å². The molecule has 0 fully saturated rings. The molecular weight excluding hydrogens is 218 g/mol. The molecule has 0 radical (unpaired) electrons. The quantitative estimate of drug-likeness (QED) is 0.817. The first-order valence-corrected chi connectivity index (χ1v) is 5.38. The smallest absolute Gasteiger partial charge is 0.361 e. The van der Waals surface area contributed by atoms with Crippen LogP contribution < -0.4 is 5.32 Å². The first-order valence-electron chi connectivity index (χ1n) is 5.38. The maximum Gasteiger partial charge on any atom is 0.361 e. The van der Waals surface area contributed by atoms with Crippen molar-refractivity contribution in [1.29, 1.82) is 0 Å². The maximum atomic E-state index is 11.7. The summed E-state index contributed by atoms with van der Waals surface area (Å²) in [5.74, 6) is -0.463. The minimum atomic E-state index is -0.463. The summed E-state index contributed by atoms with van der Waals surface area (Å²) in [6.07, 6.45) is 0. The molecule has 0 saturated heterocycles. The highest BCUT2D eigenvalue weighted by molar-refractivity contribution is 6.02. The Hall–Kier alpha value is -2.17. The van der Waals surface area contributed by atoms with Gasteiger partial charge < -0.3 is 10.1 Å². The van der Waals surface area contributed by atoms with Crippen LogP contribution in [0, 0.1) is 0 Å². The number of hydrogen-bond donors (Lipinski definition) is 1. The Morgan fingerprint density at radius 1 is 1.35 bits per heavy atom. The van der Waals surface area contributed by atoms with Gasteiger partial charge in [-0.25, -0.2) is 4.79 Å². The highest BCUT2D eigenvalue weighted by Gasteiger charge is 2.17. The second-order valence-corrected chi connectivity index (χ2v) is 3.41. The summed E-state index contributed by atoms with van der Waals surface area (Å²) in [7, 11) is 1.74. The number of fused-ring (bicyclic) bond motifs is 1. The molecule has 0 bridgehead atoms. The predicted molar refractivity (Wildman–Crippen MR) is 65.0 cm³/mol. The van der Waals surface area contributed by atoms with Crippen LogP contribution in [-0.2, 0) is 4.74 Å². The molecule has 0 amide bonds. The van der Waals surface area contributed by atoms with Gasteiger partial charge in [0.05, 0.1) is 17.8 Å². The molecular formula is C12H13N3O2. The van der Waals surface area contributed by atoms with Crippen LogP contribution >= 0.6 is 0 Å². The van der Waals surface area contributed by atoms with Crippen molar-refractivity contribution in [2.24, 2.45) is 0 Å². The van der Waals surface area contributed by atoms with E-state index in [0.717, 1.165) is 10.9 Å². The van der Waals surface area contributed by atoms with Gasteiger partial charge in [-0.3, -0.25) is 0 Å². The van der Waals surface area contributed by atoms with Crippen LogP contribution in [-0.4, -0.2) is 29.8 Å². The maximum absolute atomic E-state index is 11.7. The Morgan fingerprint density at radius 2 is 2.12 bits per heavy atom. The van der Waals surface area contributed by atoms with Crippen molar-refractivity contribution in [2.75, 3.05) is 19.0 Å². The topological polar surface area (TPSA) is 64.1 Å². The minimum Gasteiger partial charge on any atom is -0.461 e. The summed E-state index contributed by atoms with van der Waals surface area (Å²) >= 11 is 0. The molecule has 2 rings (SSSR count). The highest BCUT2D eigenvalue weighted by atomic mass is 16.5. The lowest BCUT2D eigenvalue weighted by atomic mass is 10.1. The van der Waals surface area contributed by atoms with Gasteiger partial charge in [-0.05, 0) is 13.0 Å². The number of esters is 1. The summed E-state index contributed by atoms with van der Waals surface area (Å²) < 4.78 is 4.94. The van der Waals surface area contributed by atoms with Crippen molar-refractivity contribution >= 4 is 22.6 Å². The molecule has 0 spiro atoms. The fourth-order valence-electron chi connectivity index (χ4n) is 1.65. The van der Waals surface area contributed by atoms with Crippen molar-refractivity contribution < 1.29 is 9.53 Å². The number of aromatic nitrogens is 2. The van der Waals surface area contributed by atoms with E-state index in [0.29, 0.717) is 12.3 Å². The number of rotatable bonds is 3. The number of ether oxygens (including phenoxy) is 1. The minimum absolute atomic E-state index is 0.216. The van der Waals surface area contributed by atoms with Crippen LogP contribution in [0.25, 0.3) is 10.9 Å². The van der Waals surface area contributed by atoms with E-state index in [1.165, 1.54) is 0 Å². The van der Waals surface area contributed by atoms with Crippen LogP contribution in [0.5, 0.6) is 0 Å². The average molecular weight is 231 g/mol. The van der Waals surface area contributed by atoms with E-state index in [2.05, 4.69) is 15.5 Å². The van der Waals surface area contributed by atoms with E-state index in [4.69, 9.17) is 4.74 Å². The molecule has 1 aromatic carbocycles. The lowest BCUT2D eigenvalue weighted by Crippen LogP contribution is -2.12. The molecule has 0 unspecified atom stereocenters. The van der Waals surface area contributed by atoms with Gasteiger partial charge in [-0.2, -0.15) is 0 Å². The Morgan fingerprint density at radius 3 is 2.82 bits per heavy atom. The average Bonchev–Trinajstić information content (AvgIpc) is 2.37. The molecule has 1 aromatic heterocycles. The standard InChI is InChI=1S/C12H13N3O2/c1-3-17-12(16)11-10(13-2)8-6-4-5-7-9(8)14-15-11/h4-7H,3H2,1-2H3,(H,13,14). The third kappa shape index (κ3) is 2.04. The molecule has 0 aliphatic rings. The van der Waals surface area contributed by atoms with Crippen LogP contribution in [0.4, 0.5) is 5.69 Å². The summed E-state index contributed by atoms with van der Waals surface area (Å²) in [4.78, 5) is 11.7. The van der Waals surface area contributed by atoms with E-state index < -0.39 is 5.97 Å². The molecule has 2 aromatic rings. The zero-order valence-corrected chi connectivity index (χ0v) is 9.73. The zero-order valence-electron chi connectivity index (χ0n) is 9.73. The van der Waals surface area contributed by atoms with E-state index in [9.17, 15) is 4.79 Å². The monoisotopic (exact) mass is 231 g/mol. The summed E-state index contributed by atoms with van der Waals surface area (Å²) in [6, 6.07) is 7.50. The first kappa shape index (κ1) is 11.3. The second kappa shape index (κ2) is 4.78. The fourth-order valence-corrected chi connectivity index (χ4v) is 1.65. The number of carbonyl (C=O) groups is 1. The number of nitrogens with one attached hydrogen (secondary N) is 1. The Labute approximate surface area is 98.8 Å². The second-order valence-electron chi connectivity index (χ2n) is 3.41. The molecule has 5 heteroatoms. The first-order chi connectivity index (χ1) is 8.27. The number of carbonyl (C=O) groups excluding carboxylic acids is 1. The van der Waals surface area contributed by atoms with E-state index in [1.807, 2.05) is 24.3 Å².